The number of aromatic nitrogens is 1. The number of hydrogen-bond donors (Lipinski definition) is 1. The minimum absolute atomic E-state index is 0.0586. The van der Waals surface area contributed by atoms with Crippen LogP contribution in [-0.4, -0.2) is 4.98 Å². The van der Waals surface area contributed by atoms with Crippen molar-refractivity contribution in [2.45, 2.75) is 19.4 Å². The van der Waals surface area contributed by atoms with Gasteiger partial charge in [-0.05, 0) is 24.6 Å². The number of nitrogens with zero attached hydrogens (tertiary/aromatic N) is 1. The molecular formula is C10H12N2. The highest BCUT2D eigenvalue weighted by Gasteiger charge is 2.03. The summed E-state index contributed by atoms with van der Waals surface area (Å²) >= 11 is 0. The summed E-state index contributed by atoms with van der Waals surface area (Å²) in [5.74, 6) is 2.54. The SMILES string of the molecule is C#CCC(N)c1ccnc(C)c1. The summed E-state index contributed by atoms with van der Waals surface area (Å²) in [5, 5.41) is 0. The van der Waals surface area contributed by atoms with E-state index in [0.717, 1.165) is 11.3 Å². The van der Waals surface area contributed by atoms with Crippen molar-refractivity contribution in [1.82, 2.24) is 4.98 Å². The van der Waals surface area contributed by atoms with E-state index in [1.807, 2.05) is 19.1 Å². The first kappa shape index (κ1) is 8.76. The first-order valence-electron chi connectivity index (χ1n) is 3.85. The second kappa shape index (κ2) is 3.89. The van der Waals surface area contributed by atoms with Gasteiger partial charge in [-0.2, -0.15) is 0 Å². The van der Waals surface area contributed by atoms with E-state index in [4.69, 9.17) is 12.2 Å². The normalized spacial score (nSPS) is 12.1. The molecule has 1 unspecified atom stereocenters. The molecule has 0 fully saturated rings. The van der Waals surface area contributed by atoms with Crippen LogP contribution >= 0.6 is 0 Å². The molecule has 62 valence electrons. The Morgan fingerprint density at radius 1 is 1.75 bits per heavy atom. The van der Waals surface area contributed by atoms with Crippen LogP contribution in [0.3, 0.4) is 0 Å². The molecule has 0 radical (unpaired) electrons. The fraction of sp³-hybridized carbons (Fsp3) is 0.300. The quantitative estimate of drug-likeness (QED) is 0.664. The molecule has 2 heteroatoms. The smallest absolute Gasteiger partial charge is 0.0406 e. The van der Waals surface area contributed by atoms with Crippen LogP contribution in [0.4, 0.5) is 0 Å². The molecule has 1 heterocycles. The van der Waals surface area contributed by atoms with E-state index in [1.54, 1.807) is 6.20 Å². The highest BCUT2D eigenvalue weighted by molar-refractivity contribution is 5.20. The Hall–Kier alpha value is -1.33. The van der Waals surface area contributed by atoms with Crippen LogP contribution in [0.15, 0.2) is 18.3 Å². The highest BCUT2D eigenvalue weighted by atomic mass is 14.7. The van der Waals surface area contributed by atoms with Gasteiger partial charge in [-0.3, -0.25) is 4.98 Å². The Morgan fingerprint density at radius 2 is 2.50 bits per heavy atom. The second-order valence-electron chi connectivity index (χ2n) is 2.75. The summed E-state index contributed by atoms with van der Waals surface area (Å²) in [5.41, 5.74) is 7.83. The van der Waals surface area contributed by atoms with Crippen molar-refractivity contribution < 1.29 is 0 Å². The molecule has 12 heavy (non-hydrogen) atoms. The van der Waals surface area contributed by atoms with E-state index in [-0.39, 0.29) is 6.04 Å². The topological polar surface area (TPSA) is 38.9 Å². The maximum Gasteiger partial charge on any atom is 0.0406 e. The van der Waals surface area contributed by atoms with Crippen LogP contribution in [0.5, 0.6) is 0 Å². The zero-order valence-electron chi connectivity index (χ0n) is 7.12. The van der Waals surface area contributed by atoms with Gasteiger partial charge in [-0.1, -0.05) is 0 Å². The van der Waals surface area contributed by atoms with Crippen LogP contribution in [-0.2, 0) is 0 Å². The molecule has 0 aliphatic rings. The molecule has 1 rings (SSSR count). The third kappa shape index (κ3) is 2.08. The average molecular weight is 160 g/mol. The first-order chi connectivity index (χ1) is 5.74. The number of hydrogen-bond acceptors (Lipinski definition) is 2. The molecule has 0 aliphatic heterocycles. The molecule has 0 aromatic carbocycles. The lowest BCUT2D eigenvalue weighted by Gasteiger charge is -2.07. The van der Waals surface area contributed by atoms with Gasteiger partial charge < -0.3 is 5.73 Å². The van der Waals surface area contributed by atoms with Crippen molar-refractivity contribution in [2.24, 2.45) is 5.73 Å². The molecule has 0 saturated carbocycles. The van der Waals surface area contributed by atoms with Gasteiger partial charge in [0.05, 0.1) is 0 Å². The first-order valence-corrected chi connectivity index (χ1v) is 3.85. The van der Waals surface area contributed by atoms with Crippen molar-refractivity contribution in [3.8, 4) is 12.3 Å². The van der Waals surface area contributed by atoms with Gasteiger partial charge in [0.1, 0.15) is 0 Å². The second-order valence-corrected chi connectivity index (χ2v) is 2.75. The number of nitrogens with two attached hydrogens (primary N) is 1. The summed E-state index contributed by atoms with van der Waals surface area (Å²) in [4.78, 5) is 4.08. The highest BCUT2D eigenvalue weighted by Crippen LogP contribution is 2.12. The number of aryl methyl sites for hydroxylation is 1. The maximum atomic E-state index is 5.80. The van der Waals surface area contributed by atoms with E-state index < -0.39 is 0 Å². The van der Waals surface area contributed by atoms with E-state index in [1.165, 1.54) is 0 Å². The van der Waals surface area contributed by atoms with Crippen molar-refractivity contribution in [3.05, 3.63) is 29.6 Å². The molecule has 0 bridgehead atoms. The lowest BCUT2D eigenvalue weighted by molar-refractivity contribution is 0.751. The zero-order valence-corrected chi connectivity index (χ0v) is 7.12. The Morgan fingerprint density at radius 3 is 3.08 bits per heavy atom. The zero-order chi connectivity index (χ0) is 8.97. The molecule has 1 aromatic heterocycles. The van der Waals surface area contributed by atoms with E-state index >= 15 is 0 Å². The Labute approximate surface area is 72.8 Å². The van der Waals surface area contributed by atoms with Gasteiger partial charge in [0, 0.05) is 24.4 Å². The third-order valence-electron chi connectivity index (χ3n) is 1.69. The Bertz CT molecular complexity index is 299. The van der Waals surface area contributed by atoms with Gasteiger partial charge in [-0.15, -0.1) is 12.3 Å². The number of rotatable bonds is 2. The maximum absolute atomic E-state index is 5.80. The Balaban J connectivity index is 2.82. The molecule has 2 N–H and O–H groups in total. The van der Waals surface area contributed by atoms with Gasteiger partial charge in [0.2, 0.25) is 0 Å². The summed E-state index contributed by atoms with van der Waals surface area (Å²) < 4.78 is 0. The summed E-state index contributed by atoms with van der Waals surface area (Å²) in [7, 11) is 0. The van der Waals surface area contributed by atoms with Crippen molar-refractivity contribution in [1.29, 1.82) is 0 Å². The predicted molar refractivity (Wildman–Crippen MR) is 49.4 cm³/mol. The lowest BCUT2D eigenvalue weighted by Crippen LogP contribution is -2.09. The van der Waals surface area contributed by atoms with E-state index in [2.05, 4.69) is 10.9 Å². The average Bonchev–Trinajstić information content (AvgIpc) is 2.05. The molecule has 1 aromatic rings. The summed E-state index contributed by atoms with van der Waals surface area (Å²) in [6, 6.07) is 3.80. The molecule has 2 nitrogen and oxygen atoms in total. The fourth-order valence-corrected chi connectivity index (χ4v) is 1.04. The van der Waals surface area contributed by atoms with Crippen LogP contribution in [0, 0.1) is 19.3 Å². The van der Waals surface area contributed by atoms with Crippen LogP contribution in [0.25, 0.3) is 0 Å². The molecule has 1 atom stereocenters. The van der Waals surface area contributed by atoms with E-state index in [9.17, 15) is 0 Å². The minimum atomic E-state index is -0.0586. The fourth-order valence-electron chi connectivity index (χ4n) is 1.04. The van der Waals surface area contributed by atoms with Gasteiger partial charge >= 0.3 is 0 Å². The van der Waals surface area contributed by atoms with Crippen LogP contribution < -0.4 is 5.73 Å². The van der Waals surface area contributed by atoms with Gasteiger partial charge in [0.25, 0.3) is 0 Å². The molecule has 0 spiro atoms. The van der Waals surface area contributed by atoms with Crippen molar-refractivity contribution in [3.63, 3.8) is 0 Å². The number of pyridine rings is 1. The standard InChI is InChI=1S/C10H12N2/c1-3-4-10(11)9-5-6-12-8(2)7-9/h1,5-7,10H,4,11H2,2H3. The number of terminal acetylenes is 1. The van der Waals surface area contributed by atoms with Crippen LogP contribution in [0.2, 0.25) is 0 Å². The summed E-state index contributed by atoms with van der Waals surface area (Å²) in [6.07, 6.45) is 7.48. The largest absolute Gasteiger partial charge is 0.323 e. The minimum Gasteiger partial charge on any atom is -0.323 e. The lowest BCUT2D eigenvalue weighted by atomic mass is 10.1. The summed E-state index contributed by atoms with van der Waals surface area (Å²) in [6.45, 7) is 1.94. The van der Waals surface area contributed by atoms with Crippen LogP contribution in [0.1, 0.15) is 23.7 Å². The predicted octanol–water partition coefficient (Wildman–Crippen LogP) is 1.41. The van der Waals surface area contributed by atoms with Gasteiger partial charge in [0.15, 0.2) is 0 Å². The van der Waals surface area contributed by atoms with Gasteiger partial charge in [-0.25, -0.2) is 0 Å². The molecule has 0 saturated heterocycles. The van der Waals surface area contributed by atoms with Crippen molar-refractivity contribution in [2.75, 3.05) is 0 Å². The Kier molecular flexibility index (Phi) is 2.84. The molecule has 0 aliphatic carbocycles. The van der Waals surface area contributed by atoms with Crippen molar-refractivity contribution >= 4 is 0 Å². The van der Waals surface area contributed by atoms with E-state index in [0.29, 0.717) is 6.42 Å². The monoisotopic (exact) mass is 160 g/mol. The molecule has 0 amide bonds. The third-order valence-corrected chi connectivity index (χ3v) is 1.69. The molecular weight excluding hydrogens is 148 g/mol.